The number of nitrogens with zero attached hydrogens (tertiary/aromatic N) is 1. The van der Waals surface area contributed by atoms with Gasteiger partial charge in [0.25, 0.3) is 0 Å². The standard InChI is InChI=1S/C13H21NO4/c1-6-8-9(10(8)11(15)16)7(2)14(6)12(17)18-13(3,4)5/h6-10H,1-5H3,(H,15,16)/t6-,7+,8-,9+,10?. The van der Waals surface area contributed by atoms with Crippen LogP contribution in [0, 0.1) is 17.8 Å². The molecule has 5 nitrogen and oxygen atoms in total. The molecule has 1 aliphatic heterocycles. The van der Waals surface area contributed by atoms with Gasteiger partial charge in [0.05, 0.1) is 5.92 Å². The molecule has 0 bridgehead atoms. The number of likely N-dealkylation sites (tertiary alicyclic amines) is 1. The van der Waals surface area contributed by atoms with Gasteiger partial charge in [-0.25, -0.2) is 4.79 Å². The van der Waals surface area contributed by atoms with Crippen LogP contribution < -0.4 is 0 Å². The predicted octanol–water partition coefficient (Wildman–Crippen LogP) is 1.96. The van der Waals surface area contributed by atoms with Crippen molar-refractivity contribution in [2.24, 2.45) is 17.8 Å². The molecule has 1 aliphatic carbocycles. The smallest absolute Gasteiger partial charge is 0.410 e. The molecule has 1 unspecified atom stereocenters. The van der Waals surface area contributed by atoms with Crippen molar-refractivity contribution in [3.05, 3.63) is 0 Å². The molecular weight excluding hydrogens is 234 g/mol. The van der Waals surface area contributed by atoms with E-state index in [0.717, 1.165) is 0 Å². The number of rotatable bonds is 1. The predicted molar refractivity (Wildman–Crippen MR) is 65.1 cm³/mol. The molecule has 102 valence electrons. The number of amides is 1. The summed E-state index contributed by atoms with van der Waals surface area (Å²) >= 11 is 0. The van der Waals surface area contributed by atoms with Gasteiger partial charge in [-0.2, -0.15) is 0 Å². The van der Waals surface area contributed by atoms with Gasteiger partial charge in [-0.05, 0) is 46.5 Å². The van der Waals surface area contributed by atoms with E-state index in [2.05, 4.69) is 0 Å². The molecule has 2 fully saturated rings. The maximum Gasteiger partial charge on any atom is 0.410 e. The average molecular weight is 255 g/mol. The number of hydrogen-bond acceptors (Lipinski definition) is 3. The Bertz CT molecular complexity index is 371. The summed E-state index contributed by atoms with van der Waals surface area (Å²) in [6.07, 6.45) is -0.334. The first-order valence-corrected chi connectivity index (χ1v) is 6.39. The summed E-state index contributed by atoms with van der Waals surface area (Å²) in [5, 5.41) is 9.07. The number of piperidine rings is 1. The second kappa shape index (κ2) is 3.87. The Morgan fingerprint density at radius 2 is 1.56 bits per heavy atom. The van der Waals surface area contributed by atoms with Crippen molar-refractivity contribution in [3.63, 3.8) is 0 Å². The number of carboxylic acid groups (broad SMARTS) is 1. The van der Waals surface area contributed by atoms with Gasteiger partial charge in [0.15, 0.2) is 0 Å². The van der Waals surface area contributed by atoms with Crippen molar-refractivity contribution in [2.45, 2.75) is 52.3 Å². The number of carbonyl (C=O) groups is 2. The number of hydrogen-bond donors (Lipinski definition) is 1. The van der Waals surface area contributed by atoms with E-state index >= 15 is 0 Å². The fraction of sp³-hybridized carbons (Fsp3) is 0.846. The zero-order chi connectivity index (χ0) is 13.8. The largest absolute Gasteiger partial charge is 0.481 e. The van der Waals surface area contributed by atoms with Crippen LogP contribution in [0.2, 0.25) is 0 Å². The summed E-state index contributed by atoms with van der Waals surface area (Å²) in [5.41, 5.74) is -0.518. The third-order valence-electron chi connectivity index (χ3n) is 4.01. The molecule has 1 amide bonds. The highest BCUT2D eigenvalue weighted by atomic mass is 16.6. The van der Waals surface area contributed by atoms with Crippen molar-refractivity contribution in [3.8, 4) is 0 Å². The number of carboxylic acids is 1. The van der Waals surface area contributed by atoms with Gasteiger partial charge in [0, 0.05) is 12.1 Å². The monoisotopic (exact) mass is 255 g/mol. The van der Waals surface area contributed by atoms with E-state index in [1.807, 2.05) is 34.6 Å². The highest BCUT2D eigenvalue weighted by molar-refractivity contribution is 5.77. The first-order chi connectivity index (χ1) is 8.15. The Balaban J connectivity index is 2.06. The molecule has 1 saturated heterocycles. The minimum atomic E-state index is -0.743. The highest BCUT2D eigenvalue weighted by Crippen LogP contribution is 2.58. The highest BCUT2D eigenvalue weighted by Gasteiger charge is 2.68. The lowest BCUT2D eigenvalue weighted by Crippen LogP contribution is -2.46. The molecule has 1 heterocycles. The molecule has 0 aromatic heterocycles. The number of fused-ring (bicyclic) bond motifs is 1. The van der Waals surface area contributed by atoms with Crippen LogP contribution in [-0.4, -0.2) is 39.8 Å². The summed E-state index contributed by atoms with van der Waals surface area (Å²) in [5.74, 6) is -0.851. The molecular formula is C13H21NO4. The summed E-state index contributed by atoms with van der Waals surface area (Å²) in [7, 11) is 0. The Labute approximate surface area is 107 Å². The van der Waals surface area contributed by atoms with Gasteiger partial charge in [0.1, 0.15) is 5.60 Å². The van der Waals surface area contributed by atoms with E-state index in [1.54, 1.807) is 4.90 Å². The molecule has 1 saturated carbocycles. The molecule has 1 N–H and O–H groups in total. The zero-order valence-electron chi connectivity index (χ0n) is 11.5. The van der Waals surface area contributed by atoms with Crippen LogP contribution in [0.1, 0.15) is 34.6 Å². The number of aliphatic carboxylic acids is 1. The van der Waals surface area contributed by atoms with Crippen LogP contribution in [-0.2, 0) is 9.53 Å². The van der Waals surface area contributed by atoms with E-state index in [0.29, 0.717) is 0 Å². The van der Waals surface area contributed by atoms with Crippen LogP contribution in [0.3, 0.4) is 0 Å². The molecule has 0 aromatic carbocycles. The minimum Gasteiger partial charge on any atom is -0.481 e. The second-order valence-electron chi connectivity index (χ2n) is 6.39. The molecule has 0 radical (unpaired) electrons. The maximum absolute atomic E-state index is 12.1. The third kappa shape index (κ3) is 1.95. The molecule has 2 rings (SSSR count). The van der Waals surface area contributed by atoms with Gasteiger partial charge in [0.2, 0.25) is 0 Å². The van der Waals surface area contributed by atoms with Gasteiger partial charge < -0.3 is 14.7 Å². The molecule has 2 aliphatic rings. The van der Waals surface area contributed by atoms with Crippen molar-refractivity contribution in [1.29, 1.82) is 0 Å². The topological polar surface area (TPSA) is 66.8 Å². The van der Waals surface area contributed by atoms with E-state index < -0.39 is 11.6 Å². The molecule has 18 heavy (non-hydrogen) atoms. The van der Waals surface area contributed by atoms with Crippen LogP contribution in [0.5, 0.6) is 0 Å². The van der Waals surface area contributed by atoms with Crippen molar-refractivity contribution in [2.75, 3.05) is 0 Å². The Morgan fingerprint density at radius 3 is 1.89 bits per heavy atom. The van der Waals surface area contributed by atoms with Crippen LogP contribution in [0.15, 0.2) is 0 Å². The van der Waals surface area contributed by atoms with E-state index in [9.17, 15) is 9.59 Å². The van der Waals surface area contributed by atoms with Crippen LogP contribution in [0.25, 0.3) is 0 Å². The fourth-order valence-corrected chi connectivity index (χ4v) is 3.32. The maximum atomic E-state index is 12.1. The molecule has 5 atom stereocenters. The average Bonchev–Trinajstić information content (AvgIpc) is 2.82. The van der Waals surface area contributed by atoms with Gasteiger partial charge in [-0.3, -0.25) is 4.79 Å². The van der Waals surface area contributed by atoms with Crippen LogP contribution in [0.4, 0.5) is 4.79 Å². The van der Waals surface area contributed by atoms with E-state index in [1.165, 1.54) is 0 Å². The first kappa shape index (κ1) is 13.2. The molecule has 5 heteroatoms. The number of carbonyl (C=O) groups excluding carboxylic acids is 1. The minimum absolute atomic E-state index is 0.0547. The van der Waals surface area contributed by atoms with Crippen molar-refractivity contribution < 1.29 is 19.4 Å². The van der Waals surface area contributed by atoms with Gasteiger partial charge in [-0.1, -0.05) is 0 Å². The first-order valence-electron chi connectivity index (χ1n) is 6.39. The SMILES string of the molecule is C[C@@H]1[C@H]2C(C(=O)O)[C@H]2[C@H](C)N1C(=O)OC(C)(C)C. The summed E-state index contributed by atoms with van der Waals surface area (Å²) in [6.45, 7) is 9.31. The van der Waals surface area contributed by atoms with Gasteiger partial charge >= 0.3 is 12.1 Å². The van der Waals surface area contributed by atoms with Crippen LogP contribution >= 0.6 is 0 Å². The Kier molecular flexibility index (Phi) is 2.83. The van der Waals surface area contributed by atoms with Crippen molar-refractivity contribution >= 4 is 12.1 Å². The lowest BCUT2D eigenvalue weighted by Gasteiger charge is -2.32. The number of ether oxygens (including phenoxy) is 1. The second-order valence-corrected chi connectivity index (χ2v) is 6.39. The van der Waals surface area contributed by atoms with E-state index in [-0.39, 0.29) is 35.9 Å². The van der Waals surface area contributed by atoms with E-state index in [4.69, 9.17) is 9.84 Å². The molecule has 0 spiro atoms. The Hall–Kier alpha value is -1.26. The summed E-state index contributed by atoms with van der Waals surface area (Å²) in [6, 6.07) is -0.109. The summed E-state index contributed by atoms with van der Waals surface area (Å²) in [4.78, 5) is 24.8. The van der Waals surface area contributed by atoms with Crippen molar-refractivity contribution in [1.82, 2.24) is 4.90 Å². The quantitative estimate of drug-likeness (QED) is 0.777. The Morgan fingerprint density at radius 1 is 1.11 bits per heavy atom. The fourth-order valence-electron chi connectivity index (χ4n) is 3.32. The van der Waals surface area contributed by atoms with Gasteiger partial charge in [-0.15, -0.1) is 0 Å². The summed E-state index contributed by atoms with van der Waals surface area (Å²) < 4.78 is 5.37. The normalized spacial score (nSPS) is 38.3. The third-order valence-corrected chi connectivity index (χ3v) is 4.01. The lowest BCUT2D eigenvalue weighted by molar-refractivity contribution is -0.140. The zero-order valence-corrected chi connectivity index (χ0v) is 11.5. The lowest BCUT2D eigenvalue weighted by atomic mass is 10.1. The molecule has 0 aromatic rings.